The average molecular weight is 403 g/mol. The predicted octanol–water partition coefficient (Wildman–Crippen LogP) is 4.57. The summed E-state index contributed by atoms with van der Waals surface area (Å²) >= 11 is 0. The van der Waals surface area contributed by atoms with Crippen LogP contribution in [-0.4, -0.2) is 9.55 Å². The number of hydrogen-bond donors (Lipinski definition) is 0. The second kappa shape index (κ2) is 4.98. The van der Waals surface area contributed by atoms with Crippen molar-refractivity contribution in [3.8, 4) is 0 Å². The molecule has 0 amide bonds. The number of aryl methyl sites for hydroxylation is 1. The number of pyridine rings is 2. The maximum Gasteiger partial charge on any atom is 0.341 e. The SMILES string of the molecule is CCC12CC1(CC)n1c(=O)c(C)c[n+]3c4c(c5nccc2c5c13)C(C)(C)CC4(C)C. The number of aromatic nitrogens is 3. The van der Waals surface area contributed by atoms with E-state index < -0.39 is 0 Å². The van der Waals surface area contributed by atoms with Gasteiger partial charge in [-0.05, 0) is 43.2 Å². The van der Waals surface area contributed by atoms with E-state index in [1.54, 1.807) is 0 Å². The molecule has 0 aromatic carbocycles. The molecule has 4 nitrogen and oxygen atoms in total. The Morgan fingerprint density at radius 2 is 1.83 bits per heavy atom. The van der Waals surface area contributed by atoms with Gasteiger partial charge in [-0.25, -0.2) is 9.20 Å². The molecular formula is C26H32N3O+. The summed E-state index contributed by atoms with van der Waals surface area (Å²) in [6.45, 7) is 16.0. The lowest BCUT2D eigenvalue weighted by Crippen LogP contribution is -2.48. The minimum absolute atomic E-state index is 0.0201. The fraction of sp³-hybridized carbons (Fsp3) is 0.577. The zero-order valence-corrected chi connectivity index (χ0v) is 19.3. The number of hydrogen-bond acceptors (Lipinski definition) is 2. The largest absolute Gasteiger partial charge is 0.341 e. The highest BCUT2D eigenvalue weighted by molar-refractivity contribution is 5.98. The van der Waals surface area contributed by atoms with Gasteiger partial charge >= 0.3 is 5.56 Å². The number of nitrogens with zero attached hydrogens (tertiary/aromatic N) is 3. The Labute approximate surface area is 178 Å². The van der Waals surface area contributed by atoms with Crippen LogP contribution in [-0.2, 0) is 21.8 Å². The van der Waals surface area contributed by atoms with Crippen LogP contribution in [0.1, 0.15) is 89.6 Å². The summed E-state index contributed by atoms with van der Waals surface area (Å²) in [5, 5.41) is 1.22. The van der Waals surface area contributed by atoms with Crippen LogP contribution < -0.4 is 9.96 Å². The van der Waals surface area contributed by atoms with E-state index in [0.717, 1.165) is 42.4 Å². The van der Waals surface area contributed by atoms with Gasteiger partial charge in [-0.3, -0.25) is 4.98 Å². The lowest BCUT2D eigenvalue weighted by atomic mass is 9.80. The third-order valence-corrected chi connectivity index (χ3v) is 8.89. The lowest BCUT2D eigenvalue weighted by Gasteiger charge is -2.30. The fourth-order valence-corrected chi connectivity index (χ4v) is 7.94. The molecule has 0 radical (unpaired) electrons. The molecule has 0 spiro atoms. The van der Waals surface area contributed by atoms with Gasteiger partial charge in [0.15, 0.2) is 0 Å². The molecule has 3 aromatic heterocycles. The molecule has 2 aliphatic carbocycles. The smallest absolute Gasteiger partial charge is 0.255 e. The number of rotatable bonds is 2. The summed E-state index contributed by atoms with van der Waals surface area (Å²) in [6, 6.07) is 2.25. The quantitative estimate of drug-likeness (QED) is 0.465. The predicted molar refractivity (Wildman–Crippen MR) is 119 cm³/mol. The van der Waals surface area contributed by atoms with Crippen molar-refractivity contribution in [1.29, 1.82) is 0 Å². The van der Waals surface area contributed by atoms with Gasteiger partial charge in [-0.15, -0.1) is 0 Å². The molecular weight excluding hydrogens is 370 g/mol. The molecule has 0 N–H and O–H groups in total. The van der Waals surface area contributed by atoms with E-state index in [-0.39, 0.29) is 27.3 Å². The molecule has 0 saturated heterocycles. The highest BCUT2D eigenvalue weighted by Crippen LogP contribution is 2.69. The Balaban J connectivity index is 1.99. The first-order valence-electron chi connectivity index (χ1n) is 11.5. The van der Waals surface area contributed by atoms with Crippen LogP contribution in [0.15, 0.2) is 23.3 Å². The minimum Gasteiger partial charge on any atom is -0.255 e. The molecule has 6 rings (SSSR count). The normalized spacial score (nSPS) is 29.4. The number of fused-ring (bicyclic) bond motifs is 6. The zero-order valence-electron chi connectivity index (χ0n) is 19.3. The third-order valence-electron chi connectivity index (χ3n) is 8.89. The first-order chi connectivity index (χ1) is 14.1. The van der Waals surface area contributed by atoms with E-state index in [1.807, 2.05) is 13.1 Å². The van der Waals surface area contributed by atoms with E-state index in [0.29, 0.717) is 0 Å². The van der Waals surface area contributed by atoms with E-state index in [1.165, 1.54) is 22.2 Å². The highest BCUT2D eigenvalue weighted by atomic mass is 16.1. The Morgan fingerprint density at radius 3 is 2.50 bits per heavy atom. The molecule has 2 atom stereocenters. The van der Waals surface area contributed by atoms with Crippen LogP contribution in [0.5, 0.6) is 0 Å². The van der Waals surface area contributed by atoms with Crippen molar-refractivity contribution in [1.82, 2.24) is 9.55 Å². The summed E-state index contributed by atoms with van der Waals surface area (Å²) in [5.74, 6) is 0. The Kier molecular flexibility index (Phi) is 3.07. The van der Waals surface area contributed by atoms with E-state index in [2.05, 4.69) is 62.8 Å². The van der Waals surface area contributed by atoms with Crippen molar-refractivity contribution in [2.75, 3.05) is 0 Å². The van der Waals surface area contributed by atoms with Gasteiger partial charge in [-0.2, -0.15) is 4.57 Å². The Morgan fingerprint density at radius 1 is 1.10 bits per heavy atom. The van der Waals surface area contributed by atoms with Crippen LogP contribution in [0.25, 0.3) is 16.6 Å². The molecule has 156 valence electrons. The van der Waals surface area contributed by atoms with Gasteiger partial charge in [-0.1, -0.05) is 41.5 Å². The van der Waals surface area contributed by atoms with Crippen LogP contribution in [0.2, 0.25) is 0 Å². The average Bonchev–Trinajstić information content (AvgIpc) is 3.33. The van der Waals surface area contributed by atoms with Crippen molar-refractivity contribution in [2.45, 2.75) is 95.9 Å². The molecule has 30 heavy (non-hydrogen) atoms. The lowest BCUT2D eigenvalue weighted by molar-refractivity contribution is -0.530. The van der Waals surface area contributed by atoms with Crippen LogP contribution in [0, 0.1) is 6.92 Å². The Bertz CT molecular complexity index is 1360. The van der Waals surface area contributed by atoms with Crippen LogP contribution >= 0.6 is 0 Å². The van der Waals surface area contributed by atoms with Crippen molar-refractivity contribution in [2.24, 2.45) is 0 Å². The van der Waals surface area contributed by atoms with Crippen molar-refractivity contribution >= 4 is 16.6 Å². The zero-order chi connectivity index (χ0) is 21.4. The van der Waals surface area contributed by atoms with Crippen LogP contribution in [0.4, 0.5) is 0 Å². The first kappa shape index (κ1) is 18.5. The molecule has 2 unspecified atom stereocenters. The Hall–Kier alpha value is -2.23. The first-order valence-corrected chi connectivity index (χ1v) is 11.5. The van der Waals surface area contributed by atoms with E-state index in [9.17, 15) is 4.79 Å². The van der Waals surface area contributed by atoms with Crippen molar-refractivity contribution < 1.29 is 4.40 Å². The third kappa shape index (κ3) is 1.69. The monoisotopic (exact) mass is 402 g/mol. The van der Waals surface area contributed by atoms with Gasteiger partial charge in [0.25, 0.3) is 5.65 Å². The van der Waals surface area contributed by atoms with Crippen LogP contribution in [0.3, 0.4) is 0 Å². The maximum absolute atomic E-state index is 13.7. The molecule has 3 aliphatic rings. The van der Waals surface area contributed by atoms with E-state index in [4.69, 9.17) is 4.98 Å². The highest BCUT2D eigenvalue weighted by Gasteiger charge is 2.74. The van der Waals surface area contributed by atoms with Gasteiger partial charge < -0.3 is 0 Å². The summed E-state index contributed by atoms with van der Waals surface area (Å²) in [4.78, 5) is 18.7. The summed E-state index contributed by atoms with van der Waals surface area (Å²) in [5.41, 5.74) is 7.36. The molecule has 1 aliphatic heterocycles. The van der Waals surface area contributed by atoms with Gasteiger partial charge in [0.1, 0.15) is 17.4 Å². The minimum atomic E-state index is -0.107. The summed E-state index contributed by atoms with van der Waals surface area (Å²) in [7, 11) is 0. The van der Waals surface area contributed by atoms with E-state index >= 15 is 0 Å². The molecule has 4 heteroatoms. The molecule has 1 saturated carbocycles. The second-order valence-electron chi connectivity index (χ2n) is 11.4. The van der Waals surface area contributed by atoms with Gasteiger partial charge in [0, 0.05) is 29.0 Å². The second-order valence-corrected chi connectivity index (χ2v) is 11.4. The fourth-order valence-electron chi connectivity index (χ4n) is 7.94. The van der Waals surface area contributed by atoms with Gasteiger partial charge in [0.2, 0.25) is 0 Å². The molecule has 4 heterocycles. The maximum atomic E-state index is 13.7. The van der Waals surface area contributed by atoms with Crippen molar-refractivity contribution in [3.63, 3.8) is 0 Å². The van der Waals surface area contributed by atoms with Crippen molar-refractivity contribution in [3.05, 3.63) is 51.2 Å². The van der Waals surface area contributed by atoms with Gasteiger partial charge in [0.05, 0.1) is 16.5 Å². The molecule has 1 fully saturated rings. The summed E-state index contributed by atoms with van der Waals surface area (Å²) < 4.78 is 4.59. The standard InChI is InChI=1S/C26H32N3O/c1-8-25-14-26(25,9-2)29-21-17-16(25)10-11-27-19(17)18-20(24(6,7)13-23(18,4)5)28(21)12-15(3)22(29)30/h10-12H,8-9,13-14H2,1-7H3/q+1. The molecule has 3 aromatic rings. The topological polar surface area (TPSA) is 39.0 Å². The molecule has 0 bridgehead atoms. The summed E-state index contributed by atoms with van der Waals surface area (Å²) in [6.07, 6.45) is 8.30.